The van der Waals surface area contributed by atoms with Crippen molar-refractivity contribution in [1.29, 1.82) is 0 Å². The van der Waals surface area contributed by atoms with Gasteiger partial charge in [-0.05, 0) is 25.7 Å². The first kappa shape index (κ1) is 8.48. The van der Waals surface area contributed by atoms with Gasteiger partial charge in [-0.1, -0.05) is 11.6 Å². The van der Waals surface area contributed by atoms with Crippen LogP contribution >= 0.6 is 0 Å². The summed E-state index contributed by atoms with van der Waals surface area (Å²) in [4.78, 5) is 22.0. The van der Waals surface area contributed by atoms with Crippen LogP contribution in [0, 0.1) is 5.92 Å². The predicted octanol–water partition coefficient (Wildman–Crippen LogP) is 1.58. The lowest BCUT2D eigenvalue weighted by atomic mass is 9.88. The van der Waals surface area contributed by atoms with E-state index in [2.05, 4.69) is 10.8 Å². The Kier molecular flexibility index (Phi) is 2.17. The van der Waals surface area contributed by atoms with Crippen molar-refractivity contribution < 1.29 is 14.3 Å². The van der Waals surface area contributed by atoms with Gasteiger partial charge in [0, 0.05) is 0 Å². The summed E-state index contributed by atoms with van der Waals surface area (Å²) in [5.41, 5.74) is 1.11. The van der Waals surface area contributed by atoms with Crippen LogP contribution in [0.4, 0.5) is 0 Å². The highest BCUT2D eigenvalue weighted by molar-refractivity contribution is 5.96. The molecule has 1 aliphatic carbocycles. The molecule has 1 fully saturated rings. The third kappa shape index (κ3) is 1.64. The molecule has 1 saturated heterocycles. The Morgan fingerprint density at radius 3 is 2.69 bits per heavy atom. The third-order valence-electron chi connectivity index (χ3n) is 2.64. The molecule has 1 aliphatic heterocycles. The number of rotatable bonds is 1. The fourth-order valence-corrected chi connectivity index (χ4v) is 1.94. The van der Waals surface area contributed by atoms with Crippen LogP contribution in [-0.4, -0.2) is 11.9 Å². The summed E-state index contributed by atoms with van der Waals surface area (Å²) >= 11 is 0. The van der Waals surface area contributed by atoms with E-state index >= 15 is 0 Å². The zero-order valence-electron chi connectivity index (χ0n) is 7.41. The average molecular weight is 180 g/mol. The van der Waals surface area contributed by atoms with Crippen LogP contribution in [0.25, 0.3) is 0 Å². The van der Waals surface area contributed by atoms with E-state index in [9.17, 15) is 9.59 Å². The topological polar surface area (TPSA) is 43.4 Å². The zero-order chi connectivity index (χ0) is 9.26. The number of hydrogen-bond acceptors (Lipinski definition) is 3. The van der Waals surface area contributed by atoms with Crippen LogP contribution in [0.5, 0.6) is 0 Å². The first-order valence-electron chi connectivity index (χ1n) is 4.71. The van der Waals surface area contributed by atoms with Crippen LogP contribution in [0.3, 0.4) is 0 Å². The molecule has 3 heteroatoms. The Morgan fingerprint density at radius 2 is 2.15 bits per heavy atom. The second kappa shape index (κ2) is 3.32. The fourth-order valence-electron chi connectivity index (χ4n) is 1.94. The predicted molar refractivity (Wildman–Crippen MR) is 45.8 cm³/mol. The standard InChI is InChI=1S/C10H12O3/c11-9-6-8(10(12)13-9)7-4-2-1-3-5-7/h4,8H,1-3,5-6H2. The molecule has 1 heterocycles. The molecule has 0 spiro atoms. The molecule has 0 amide bonds. The SMILES string of the molecule is O=C1CC(C2=CCCCC2)C(=O)O1. The Bertz CT molecular complexity index is 278. The van der Waals surface area contributed by atoms with E-state index in [0.29, 0.717) is 0 Å². The Labute approximate surface area is 76.8 Å². The molecule has 0 bridgehead atoms. The van der Waals surface area contributed by atoms with Gasteiger partial charge in [0.25, 0.3) is 0 Å². The maximum absolute atomic E-state index is 11.2. The van der Waals surface area contributed by atoms with Crippen LogP contribution in [-0.2, 0) is 14.3 Å². The van der Waals surface area contributed by atoms with Crippen LogP contribution in [0.2, 0.25) is 0 Å². The van der Waals surface area contributed by atoms with E-state index in [1.165, 1.54) is 6.42 Å². The highest BCUT2D eigenvalue weighted by atomic mass is 16.6. The number of hydrogen-bond donors (Lipinski definition) is 0. The van der Waals surface area contributed by atoms with Gasteiger partial charge in [0.2, 0.25) is 0 Å². The lowest BCUT2D eigenvalue weighted by molar-refractivity contribution is -0.152. The van der Waals surface area contributed by atoms with Gasteiger partial charge in [-0.3, -0.25) is 9.59 Å². The molecule has 0 saturated carbocycles. The van der Waals surface area contributed by atoms with Crippen molar-refractivity contribution >= 4 is 11.9 Å². The van der Waals surface area contributed by atoms with E-state index in [1.807, 2.05) is 0 Å². The molecular weight excluding hydrogens is 168 g/mol. The number of carbonyl (C=O) groups excluding carboxylic acids is 2. The second-order valence-corrected chi connectivity index (χ2v) is 3.57. The van der Waals surface area contributed by atoms with E-state index in [0.717, 1.165) is 24.8 Å². The molecule has 1 unspecified atom stereocenters. The van der Waals surface area contributed by atoms with E-state index in [-0.39, 0.29) is 24.3 Å². The van der Waals surface area contributed by atoms with Crippen LogP contribution in [0.15, 0.2) is 11.6 Å². The third-order valence-corrected chi connectivity index (χ3v) is 2.64. The normalized spacial score (nSPS) is 28.6. The lowest BCUT2D eigenvalue weighted by Crippen LogP contribution is -2.12. The van der Waals surface area contributed by atoms with Crippen LogP contribution < -0.4 is 0 Å². The van der Waals surface area contributed by atoms with Gasteiger partial charge in [-0.25, -0.2) is 0 Å². The van der Waals surface area contributed by atoms with Gasteiger partial charge >= 0.3 is 11.9 Å². The number of carbonyl (C=O) groups is 2. The monoisotopic (exact) mass is 180 g/mol. The van der Waals surface area contributed by atoms with Crippen LogP contribution in [0.1, 0.15) is 32.1 Å². The van der Waals surface area contributed by atoms with Crippen molar-refractivity contribution in [3.8, 4) is 0 Å². The van der Waals surface area contributed by atoms with Crippen molar-refractivity contribution in [2.75, 3.05) is 0 Å². The van der Waals surface area contributed by atoms with Crippen molar-refractivity contribution in [3.05, 3.63) is 11.6 Å². The highest BCUT2D eigenvalue weighted by Gasteiger charge is 2.35. The number of allylic oxidation sites excluding steroid dienone is 1. The Hall–Kier alpha value is -1.12. The van der Waals surface area contributed by atoms with E-state index < -0.39 is 0 Å². The molecule has 0 aromatic carbocycles. The molecule has 1 atom stereocenters. The smallest absolute Gasteiger partial charge is 0.321 e. The highest BCUT2D eigenvalue weighted by Crippen LogP contribution is 2.30. The maximum atomic E-state index is 11.2. The minimum Gasteiger partial charge on any atom is -0.393 e. The first-order valence-corrected chi connectivity index (χ1v) is 4.71. The van der Waals surface area contributed by atoms with Crippen molar-refractivity contribution in [2.24, 2.45) is 5.92 Å². The largest absolute Gasteiger partial charge is 0.393 e. The van der Waals surface area contributed by atoms with Gasteiger partial charge < -0.3 is 4.74 Å². The van der Waals surface area contributed by atoms with Crippen molar-refractivity contribution in [2.45, 2.75) is 32.1 Å². The minimum atomic E-state index is -0.374. The molecule has 2 rings (SSSR count). The summed E-state index contributed by atoms with van der Waals surface area (Å²) in [6.45, 7) is 0. The summed E-state index contributed by atoms with van der Waals surface area (Å²) in [5, 5.41) is 0. The van der Waals surface area contributed by atoms with Crippen molar-refractivity contribution in [3.63, 3.8) is 0 Å². The number of ether oxygens (including phenoxy) is 1. The Balaban J connectivity index is 2.11. The molecule has 70 valence electrons. The number of esters is 2. The molecule has 0 N–H and O–H groups in total. The fraction of sp³-hybridized carbons (Fsp3) is 0.600. The summed E-state index contributed by atoms with van der Waals surface area (Å²) < 4.78 is 4.51. The maximum Gasteiger partial charge on any atom is 0.321 e. The minimum absolute atomic E-state index is 0.255. The summed E-state index contributed by atoms with van der Waals surface area (Å²) in [6.07, 6.45) is 6.65. The van der Waals surface area contributed by atoms with E-state index in [4.69, 9.17) is 0 Å². The summed E-state index contributed by atoms with van der Waals surface area (Å²) in [6, 6.07) is 0. The second-order valence-electron chi connectivity index (χ2n) is 3.57. The molecule has 3 nitrogen and oxygen atoms in total. The zero-order valence-corrected chi connectivity index (χ0v) is 7.41. The molecule has 2 aliphatic rings. The first-order chi connectivity index (χ1) is 6.27. The molecule has 0 aromatic rings. The van der Waals surface area contributed by atoms with Gasteiger partial charge in [0.15, 0.2) is 0 Å². The average Bonchev–Trinajstić information content (AvgIpc) is 2.47. The quantitative estimate of drug-likeness (QED) is 0.349. The molecular formula is C10H12O3. The summed E-state index contributed by atoms with van der Waals surface area (Å²) in [5.74, 6) is -0.979. The molecule has 13 heavy (non-hydrogen) atoms. The molecule has 0 aromatic heterocycles. The van der Waals surface area contributed by atoms with Crippen molar-refractivity contribution in [1.82, 2.24) is 0 Å². The number of cyclic esters (lactones) is 2. The van der Waals surface area contributed by atoms with E-state index in [1.54, 1.807) is 0 Å². The Morgan fingerprint density at radius 1 is 1.31 bits per heavy atom. The van der Waals surface area contributed by atoms with Gasteiger partial charge in [0.1, 0.15) is 0 Å². The van der Waals surface area contributed by atoms with Gasteiger partial charge in [-0.15, -0.1) is 0 Å². The molecule has 0 radical (unpaired) electrons. The summed E-state index contributed by atoms with van der Waals surface area (Å²) in [7, 11) is 0. The van der Waals surface area contributed by atoms with Gasteiger partial charge in [-0.2, -0.15) is 0 Å². The lowest BCUT2D eigenvalue weighted by Gasteiger charge is -2.14. The van der Waals surface area contributed by atoms with Gasteiger partial charge in [0.05, 0.1) is 12.3 Å².